The van der Waals surface area contributed by atoms with E-state index in [0.717, 1.165) is 19.3 Å². The smallest absolute Gasteiger partial charge is 0.265 e. The van der Waals surface area contributed by atoms with E-state index in [1.165, 1.54) is 21.1 Å². The van der Waals surface area contributed by atoms with Crippen LogP contribution in [-0.2, 0) is 17.1 Å². The number of sulfonamides is 1. The van der Waals surface area contributed by atoms with Gasteiger partial charge in [0.1, 0.15) is 10.6 Å². The van der Waals surface area contributed by atoms with Crippen molar-refractivity contribution in [2.45, 2.75) is 30.2 Å². The summed E-state index contributed by atoms with van der Waals surface area (Å²) in [5.74, 6) is -0.650. The highest BCUT2D eigenvalue weighted by molar-refractivity contribution is 7.89. The van der Waals surface area contributed by atoms with E-state index in [4.69, 9.17) is 11.5 Å². The van der Waals surface area contributed by atoms with Crippen LogP contribution in [0.5, 0.6) is 0 Å². The topological polar surface area (TPSA) is 111 Å². The number of hydrogen-bond acceptors (Lipinski definition) is 4. The molecule has 4 N–H and O–H groups in total. The summed E-state index contributed by atoms with van der Waals surface area (Å²) in [5.41, 5.74) is 11.1. The number of aromatic nitrogens is 1. The monoisotopic (exact) mass is 336 g/mol. The van der Waals surface area contributed by atoms with Gasteiger partial charge in [-0.25, -0.2) is 8.42 Å². The number of hydrogen-bond donors (Lipinski definition) is 2. The van der Waals surface area contributed by atoms with Crippen LogP contribution in [0.25, 0.3) is 0 Å². The summed E-state index contributed by atoms with van der Waals surface area (Å²) in [6.07, 6.45) is 3.99. The highest BCUT2D eigenvalue weighted by atomic mass is 35.5. The van der Waals surface area contributed by atoms with E-state index in [9.17, 15) is 13.2 Å². The Balaban J connectivity index is 0.00000220. The zero-order valence-electron chi connectivity index (χ0n) is 11.9. The first-order chi connectivity index (χ1) is 9.37. The van der Waals surface area contributed by atoms with Gasteiger partial charge in [0.25, 0.3) is 5.91 Å². The average Bonchev–Trinajstić information content (AvgIpc) is 2.81. The molecule has 2 heterocycles. The molecule has 0 aromatic carbocycles. The number of halogens is 1. The molecule has 0 bridgehead atoms. The maximum absolute atomic E-state index is 12.6. The fourth-order valence-electron chi connectivity index (χ4n) is 2.58. The highest BCUT2D eigenvalue weighted by Crippen LogP contribution is 2.25. The molecule has 2 rings (SSSR count). The molecule has 1 unspecified atom stereocenters. The third-order valence-electron chi connectivity index (χ3n) is 3.68. The molecule has 1 fully saturated rings. The van der Waals surface area contributed by atoms with Gasteiger partial charge in [0.2, 0.25) is 10.0 Å². The van der Waals surface area contributed by atoms with E-state index in [-0.39, 0.29) is 29.0 Å². The quantitative estimate of drug-likeness (QED) is 0.808. The van der Waals surface area contributed by atoms with Gasteiger partial charge in [-0.15, -0.1) is 12.4 Å². The lowest BCUT2D eigenvalue weighted by Gasteiger charge is -2.33. The van der Waals surface area contributed by atoms with Crippen LogP contribution in [0, 0.1) is 0 Å². The van der Waals surface area contributed by atoms with E-state index in [0.29, 0.717) is 13.1 Å². The number of nitrogens with two attached hydrogens (primary N) is 2. The standard InChI is InChI=1S/C12H20N4O3S.ClH/c1-15-8-10(6-11(15)12(14)17)20(18,19)16-5-3-2-4-9(16)7-13;/h6,8-9H,2-5,7,13H2,1H3,(H2,14,17);1H. The summed E-state index contributed by atoms with van der Waals surface area (Å²) in [5, 5.41) is 0. The highest BCUT2D eigenvalue weighted by Gasteiger charge is 2.33. The minimum atomic E-state index is -3.63. The van der Waals surface area contributed by atoms with Crippen molar-refractivity contribution in [2.75, 3.05) is 13.1 Å². The number of carbonyl (C=O) groups is 1. The van der Waals surface area contributed by atoms with Crippen molar-refractivity contribution < 1.29 is 13.2 Å². The second kappa shape index (κ2) is 6.78. The number of primary amides is 1. The summed E-state index contributed by atoms with van der Waals surface area (Å²) in [4.78, 5) is 11.3. The second-order valence-corrected chi connectivity index (χ2v) is 6.93. The Labute approximate surface area is 130 Å². The van der Waals surface area contributed by atoms with Crippen LogP contribution in [-0.4, -0.2) is 42.3 Å². The van der Waals surface area contributed by atoms with E-state index in [1.807, 2.05) is 0 Å². The van der Waals surface area contributed by atoms with Gasteiger partial charge in [0, 0.05) is 32.4 Å². The summed E-state index contributed by atoms with van der Waals surface area (Å²) in [7, 11) is -2.04. The van der Waals surface area contributed by atoms with Crippen molar-refractivity contribution >= 4 is 28.3 Å². The third kappa shape index (κ3) is 3.39. The summed E-state index contributed by atoms with van der Waals surface area (Å²) in [6, 6.07) is 1.14. The Kier molecular flexibility index (Phi) is 5.80. The molecule has 9 heteroatoms. The lowest BCUT2D eigenvalue weighted by atomic mass is 10.1. The first-order valence-electron chi connectivity index (χ1n) is 6.56. The minimum absolute atomic E-state index is 0. The Hall–Kier alpha value is -1.09. The Morgan fingerprint density at radius 2 is 2.10 bits per heavy atom. The van der Waals surface area contributed by atoms with Gasteiger partial charge in [-0.2, -0.15) is 4.31 Å². The molecule has 0 saturated carbocycles. The fourth-order valence-corrected chi connectivity index (χ4v) is 4.36. The van der Waals surface area contributed by atoms with Crippen molar-refractivity contribution in [2.24, 2.45) is 18.5 Å². The van der Waals surface area contributed by atoms with E-state index in [2.05, 4.69) is 0 Å². The number of amides is 1. The molecule has 1 aliphatic heterocycles. The molecule has 21 heavy (non-hydrogen) atoms. The number of carbonyl (C=O) groups excluding carboxylic acids is 1. The summed E-state index contributed by atoms with van der Waals surface area (Å²) in [6.45, 7) is 0.764. The van der Waals surface area contributed by atoms with Gasteiger partial charge in [-0.05, 0) is 18.9 Å². The molecular weight excluding hydrogens is 316 g/mol. The first-order valence-corrected chi connectivity index (χ1v) is 8.00. The predicted molar refractivity (Wildman–Crippen MR) is 81.8 cm³/mol. The number of rotatable bonds is 4. The van der Waals surface area contributed by atoms with Crippen LogP contribution in [0.1, 0.15) is 29.8 Å². The van der Waals surface area contributed by atoms with E-state index >= 15 is 0 Å². The number of aryl methyl sites for hydroxylation is 1. The lowest BCUT2D eigenvalue weighted by molar-refractivity contribution is 0.0992. The molecule has 0 radical (unpaired) electrons. The summed E-state index contributed by atoms with van der Waals surface area (Å²) >= 11 is 0. The molecule has 1 atom stereocenters. The Morgan fingerprint density at radius 3 is 2.62 bits per heavy atom. The van der Waals surface area contributed by atoms with Gasteiger partial charge in [-0.1, -0.05) is 6.42 Å². The van der Waals surface area contributed by atoms with Gasteiger partial charge < -0.3 is 16.0 Å². The van der Waals surface area contributed by atoms with Crippen LogP contribution < -0.4 is 11.5 Å². The second-order valence-electron chi connectivity index (χ2n) is 5.04. The molecule has 7 nitrogen and oxygen atoms in total. The molecule has 0 spiro atoms. The third-order valence-corrected chi connectivity index (χ3v) is 5.60. The first kappa shape index (κ1) is 18.0. The molecule has 1 aromatic heterocycles. The van der Waals surface area contributed by atoms with Crippen molar-refractivity contribution in [3.8, 4) is 0 Å². The maximum Gasteiger partial charge on any atom is 0.265 e. The molecule has 1 aromatic rings. The molecule has 120 valence electrons. The molecular formula is C12H21ClN4O3S. The van der Waals surface area contributed by atoms with Crippen molar-refractivity contribution in [3.63, 3.8) is 0 Å². The molecule has 0 aliphatic carbocycles. The predicted octanol–water partition coefficient (Wildman–Crippen LogP) is 0.0477. The van der Waals surface area contributed by atoms with Crippen LogP contribution >= 0.6 is 12.4 Å². The number of piperidine rings is 1. The SMILES string of the molecule is Cl.Cn1cc(S(=O)(=O)N2CCCCC2CN)cc1C(N)=O. The summed E-state index contributed by atoms with van der Waals surface area (Å²) < 4.78 is 28.2. The molecule has 1 saturated heterocycles. The van der Waals surface area contributed by atoms with Crippen LogP contribution in [0.15, 0.2) is 17.2 Å². The van der Waals surface area contributed by atoms with Crippen LogP contribution in [0.4, 0.5) is 0 Å². The van der Waals surface area contributed by atoms with E-state index in [1.54, 1.807) is 7.05 Å². The maximum atomic E-state index is 12.6. The van der Waals surface area contributed by atoms with Gasteiger partial charge in [-0.3, -0.25) is 4.79 Å². The van der Waals surface area contributed by atoms with E-state index < -0.39 is 15.9 Å². The van der Waals surface area contributed by atoms with Crippen molar-refractivity contribution in [1.82, 2.24) is 8.87 Å². The van der Waals surface area contributed by atoms with Gasteiger partial charge in [0.15, 0.2) is 0 Å². The van der Waals surface area contributed by atoms with Crippen LogP contribution in [0.2, 0.25) is 0 Å². The Morgan fingerprint density at radius 1 is 1.43 bits per heavy atom. The average molecular weight is 337 g/mol. The zero-order chi connectivity index (χ0) is 14.9. The normalized spacial score (nSPS) is 20.0. The fraction of sp³-hybridized carbons (Fsp3) is 0.583. The van der Waals surface area contributed by atoms with Crippen molar-refractivity contribution in [3.05, 3.63) is 18.0 Å². The molecule has 1 aliphatic rings. The van der Waals surface area contributed by atoms with Crippen molar-refractivity contribution in [1.29, 1.82) is 0 Å². The zero-order valence-corrected chi connectivity index (χ0v) is 13.5. The van der Waals surface area contributed by atoms with Gasteiger partial charge >= 0.3 is 0 Å². The minimum Gasteiger partial charge on any atom is -0.364 e. The van der Waals surface area contributed by atoms with Gasteiger partial charge in [0.05, 0.1) is 0 Å². The van der Waals surface area contributed by atoms with Crippen LogP contribution in [0.3, 0.4) is 0 Å². The largest absolute Gasteiger partial charge is 0.364 e. The molecule has 1 amide bonds. The Bertz CT molecular complexity index is 614. The lowest BCUT2D eigenvalue weighted by Crippen LogP contribution is -2.47. The number of nitrogens with zero attached hydrogens (tertiary/aromatic N) is 2.